The molecule has 0 aliphatic carbocycles. The van der Waals surface area contributed by atoms with Crippen LogP contribution in [-0.4, -0.2) is 25.0 Å². The first-order valence-corrected chi connectivity index (χ1v) is 5.18. The largest absolute Gasteiger partial charge is 0.356 e. The quantitative estimate of drug-likeness (QED) is 0.784. The second-order valence-electron chi connectivity index (χ2n) is 3.89. The number of benzene rings is 1. The van der Waals surface area contributed by atoms with Crippen LogP contribution in [0.5, 0.6) is 0 Å². The lowest BCUT2D eigenvalue weighted by atomic mass is 10.1. The Kier molecular flexibility index (Phi) is 2.78. The summed E-state index contributed by atoms with van der Waals surface area (Å²) in [5.41, 5.74) is 6.52. The van der Waals surface area contributed by atoms with Gasteiger partial charge in [0.2, 0.25) is 5.91 Å². The van der Waals surface area contributed by atoms with Gasteiger partial charge in [-0.2, -0.15) is 0 Å². The van der Waals surface area contributed by atoms with Gasteiger partial charge in [-0.05, 0) is 19.1 Å². The number of carbonyl (C=O) groups excluding carboxylic acids is 1. The summed E-state index contributed by atoms with van der Waals surface area (Å²) in [7, 11) is 0. The number of anilines is 2. The van der Waals surface area contributed by atoms with E-state index in [1.807, 2.05) is 11.8 Å². The molecule has 1 aliphatic heterocycles. The molecule has 1 aromatic carbocycles. The van der Waals surface area contributed by atoms with E-state index in [-0.39, 0.29) is 24.2 Å². The van der Waals surface area contributed by atoms with Crippen molar-refractivity contribution >= 4 is 17.3 Å². The second kappa shape index (κ2) is 4.09. The van der Waals surface area contributed by atoms with Gasteiger partial charge < -0.3 is 16.0 Å². The van der Waals surface area contributed by atoms with Crippen LogP contribution in [0.2, 0.25) is 0 Å². The van der Waals surface area contributed by atoms with Gasteiger partial charge in [0, 0.05) is 12.6 Å². The first kappa shape index (κ1) is 10.9. The highest BCUT2D eigenvalue weighted by Gasteiger charge is 2.26. The Balaban J connectivity index is 2.46. The molecule has 1 unspecified atom stereocenters. The summed E-state index contributed by atoms with van der Waals surface area (Å²) >= 11 is 0. The number of halogens is 1. The summed E-state index contributed by atoms with van der Waals surface area (Å²) in [5, 5.41) is 2.54. The van der Waals surface area contributed by atoms with Crippen molar-refractivity contribution in [3.63, 3.8) is 0 Å². The summed E-state index contributed by atoms with van der Waals surface area (Å²) in [6.45, 7) is 2.55. The van der Waals surface area contributed by atoms with E-state index in [9.17, 15) is 9.18 Å². The Morgan fingerprint density at radius 2 is 2.38 bits per heavy atom. The number of carbonyl (C=O) groups is 1. The summed E-state index contributed by atoms with van der Waals surface area (Å²) < 4.78 is 13.5. The number of hydrogen-bond acceptors (Lipinski definition) is 3. The fraction of sp³-hybridized carbons (Fsp3) is 0.364. The monoisotopic (exact) mass is 223 g/mol. The average Bonchev–Trinajstić information content (AvgIpc) is 2.28. The van der Waals surface area contributed by atoms with E-state index in [1.54, 1.807) is 12.1 Å². The molecular weight excluding hydrogens is 209 g/mol. The van der Waals surface area contributed by atoms with Crippen molar-refractivity contribution in [2.24, 2.45) is 5.73 Å². The van der Waals surface area contributed by atoms with Crippen molar-refractivity contribution in [2.75, 3.05) is 23.3 Å². The number of rotatable bonds is 2. The third-order valence-corrected chi connectivity index (χ3v) is 2.75. The Bertz CT molecular complexity index is 422. The average molecular weight is 223 g/mol. The van der Waals surface area contributed by atoms with Crippen molar-refractivity contribution in [1.82, 2.24) is 0 Å². The zero-order valence-electron chi connectivity index (χ0n) is 9.03. The number of nitrogens with one attached hydrogen (secondary N) is 1. The molecule has 3 N–H and O–H groups in total. The minimum atomic E-state index is -0.417. The van der Waals surface area contributed by atoms with Crippen LogP contribution in [-0.2, 0) is 4.79 Å². The topological polar surface area (TPSA) is 58.4 Å². The number of hydrogen-bond donors (Lipinski definition) is 2. The number of fused-ring (bicyclic) bond motifs is 1. The molecule has 1 amide bonds. The van der Waals surface area contributed by atoms with Crippen molar-refractivity contribution in [3.05, 3.63) is 24.0 Å². The van der Waals surface area contributed by atoms with E-state index in [2.05, 4.69) is 5.32 Å². The molecule has 0 spiro atoms. The van der Waals surface area contributed by atoms with E-state index in [0.717, 1.165) is 0 Å². The Morgan fingerprint density at radius 1 is 1.62 bits per heavy atom. The molecule has 1 aromatic rings. The van der Waals surface area contributed by atoms with Crippen LogP contribution < -0.4 is 16.0 Å². The highest BCUT2D eigenvalue weighted by Crippen LogP contribution is 2.32. The van der Waals surface area contributed by atoms with E-state index in [4.69, 9.17) is 5.73 Å². The van der Waals surface area contributed by atoms with E-state index >= 15 is 0 Å². The van der Waals surface area contributed by atoms with Gasteiger partial charge in [0.15, 0.2) is 0 Å². The highest BCUT2D eigenvalue weighted by atomic mass is 19.1. The molecule has 16 heavy (non-hydrogen) atoms. The summed E-state index contributed by atoms with van der Waals surface area (Å²) in [6.07, 6.45) is 0. The number of para-hydroxylation sites is 1. The van der Waals surface area contributed by atoms with Crippen molar-refractivity contribution in [3.8, 4) is 0 Å². The Hall–Kier alpha value is -1.62. The maximum Gasteiger partial charge on any atom is 0.244 e. The van der Waals surface area contributed by atoms with Gasteiger partial charge in [0.1, 0.15) is 11.5 Å². The molecule has 5 heteroatoms. The summed E-state index contributed by atoms with van der Waals surface area (Å²) in [6, 6.07) is 4.74. The molecule has 0 radical (unpaired) electrons. The van der Waals surface area contributed by atoms with E-state index in [1.165, 1.54) is 6.07 Å². The molecule has 4 nitrogen and oxygen atoms in total. The SMILES string of the molecule is CC(CN)N1CC(=O)Nc2c(F)cccc21. The second-order valence-corrected chi connectivity index (χ2v) is 3.89. The van der Waals surface area contributed by atoms with Gasteiger partial charge in [0.25, 0.3) is 0 Å². The van der Waals surface area contributed by atoms with Crippen LogP contribution in [0.4, 0.5) is 15.8 Å². The lowest BCUT2D eigenvalue weighted by Gasteiger charge is -2.35. The number of amides is 1. The first-order chi connectivity index (χ1) is 7.63. The smallest absolute Gasteiger partial charge is 0.244 e. The number of nitrogens with zero attached hydrogens (tertiary/aromatic N) is 1. The zero-order chi connectivity index (χ0) is 11.7. The predicted octanol–water partition coefficient (Wildman–Crippen LogP) is 0.931. The molecule has 1 atom stereocenters. The van der Waals surface area contributed by atoms with E-state index < -0.39 is 5.82 Å². The third kappa shape index (κ3) is 1.74. The molecule has 0 bridgehead atoms. The lowest BCUT2D eigenvalue weighted by Crippen LogP contribution is -2.46. The zero-order valence-corrected chi connectivity index (χ0v) is 9.03. The normalized spacial score (nSPS) is 16.7. The standard InChI is InChI=1S/C11H14FN3O/c1-7(5-13)15-6-10(16)14-11-8(12)3-2-4-9(11)15/h2-4,7H,5-6,13H2,1H3,(H,14,16). The minimum Gasteiger partial charge on any atom is -0.356 e. The number of nitrogens with two attached hydrogens (primary N) is 1. The minimum absolute atomic E-state index is 0.00611. The summed E-state index contributed by atoms with van der Waals surface area (Å²) in [5.74, 6) is -0.627. The first-order valence-electron chi connectivity index (χ1n) is 5.18. The predicted molar refractivity (Wildman–Crippen MR) is 60.9 cm³/mol. The molecule has 86 valence electrons. The molecule has 1 heterocycles. The van der Waals surface area contributed by atoms with Crippen LogP contribution in [0, 0.1) is 5.82 Å². The van der Waals surface area contributed by atoms with E-state index in [0.29, 0.717) is 12.2 Å². The van der Waals surface area contributed by atoms with Gasteiger partial charge in [-0.25, -0.2) is 4.39 Å². The van der Waals surface area contributed by atoms with Crippen molar-refractivity contribution < 1.29 is 9.18 Å². The third-order valence-electron chi connectivity index (χ3n) is 2.75. The van der Waals surface area contributed by atoms with Crippen LogP contribution in [0.25, 0.3) is 0 Å². The lowest BCUT2D eigenvalue weighted by molar-refractivity contribution is -0.115. The molecule has 2 rings (SSSR count). The summed E-state index contributed by atoms with van der Waals surface area (Å²) in [4.78, 5) is 13.3. The molecule has 0 saturated heterocycles. The Morgan fingerprint density at radius 3 is 3.06 bits per heavy atom. The fourth-order valence-corrected chi connectivity index (χ4v) is 1.82. The maximum atomic E-state index is 13.5. The molecule has 0 saturated carbocycles. The van der Waals surface area contributed by atoms with Crippen LogP contribution in [0.1, 0.15) is 6.92 Å². The van der Waals surface area contributed by atoms with Gasteiger partial charge in [-0.15, -0.1) is 0 Å². The van der Waals surface area contributed by atoms with Crippen molar-refractivity contribution in [2.45, 2.75) is 13.0 Å². The molecule has 0 fully saturated rings. The molecule has 1 aliphatic rings. The van der Waals surface area contributed by atoms with Gasteiger partial charge in [0.05, 0.1) is 12.2 Å². The highest BCUT2D eigenvalue weighted by molar-refractivity contribution is 6.01. The van der Waals surface area contributed by atoms with Crippen LogP contribution >= 0.6 is 0 Å². The molecular formula is C11H14FN3O. The van der Waals surface area contributed by atoms with Gasteiger partial charge in [-0.3, -0.25) is 4.79 Å². The Labute approximate surface area is 93.2 Å². The van der Waals surface area contributed by atoms with Crippen LogP contribution in [0.15, 0.2) is 18.2 Å². The fourth-order valence-electron chi connectivity index (χ4n) is 1.82. The van der Waals surface area contributed by atoms with Gasteiger partial charge in [-0.1, -0.05) is 6.07 Å². The van der Waals surface area contributed by atoms with Crippen LogP contribution in [0.3, 0.4) is 0 Å². The van der Waals surface area contributed by atoms with Crippen molar-refractivity contribution in [1.29, 1.82) is 0 Å². The molecule has 0 aromatic heterocycles. The van der Waals surface area contributed by atoms with Gasteiger partial charge >= 0.3 is 0 Å². The maximum absolute atomic E-state index is 13.5.